The number of benzene rings is 1. The van der Waals surface area contributed by atoms with Crippen LogP contribution in [0.4, 0.5) is 0 Å². The molecule has 0 amide bonds. The van der Waals surface area contributed by atoms with Gasteiger partial charge in [0.05, 0.1) is 4.73 Å². The molecule has 0 radical (unpaired) electrons. The molecule has 2 aromatic heterocycles. The zero-order chi connectivity index (χ0) is 12.4. The van der Waals surface area contributed by atoms with Gasteiger partial charge < -0.3 is 4.84 Å². The van der Waals surface area contributed by atoms with Crippen LogP contribution < -0.4 is 15.4 Å². The number of thiophene rings is 1. The summed E-state index contributed by atoms with van der Waals surface area (Å²) in [5, 5.41) is 2.49. The quantitative estimate of drug-likeness (QED) is 0.705. The molecule has 0 fully saturated rings. The smallest absolute Gasteiger partial charge is 0.318 e. The van der Waals surface area contributed by atoms with Gasteiger partial charge in [-0.05, 0) is 17.5 Å². The first-order valence-corrected chi connectivity index (χ1v) is 6.28. The lowest BCUT2D eigenvalue weighted by atomic mass is 10.2. The molecule has 0 aliphatic carbocycles. The van der Waals surface area contributed by atoms with Crippen molar-refractivity contribution in [2.24, 2.45) is 0 Å². The van der Waals surface area contributed by atoms with Gasteiger partial charge in [0.2, 0.25) is 0 Å². The van der Waals surface area contributed by atoms with Crippen molar-refractivity contribution in [1.82, 2.24) is 4.73 Å². The number of fused-ring (bicyclic) bond motifs is 1. The molecule has 1 aromatic carbocycles. The van der Waals surface area contributed by atoms with E-state index in [1.54, 1.807) is 29.5 Å². The maximum Gasteiger partial charge on any atom is 0.430 e. The van der Waals surface area contributed by atoms with Crippen LogP contribution in [0.5, 0.6) is 0 Å². The monoisotopic (exact) mass is 257 g/mol. The van der Waals surface area contributed by atoms with Gasteiger partial charge >= 0.3 is 11.9 Å². The van der Waals surface area contributed by atoms with Crippen molar-refractivity contribution in [2.45, 2.75) is 6.61 Å². The highest BCUT2D eigenvalue weighted by atomic mass is 32.1. The summed E-state index contributed by atoms with van der Waals surface area (Å²) in [5.41, 5.74) is 0.385. The van der Waals surface area contributed by atoms with Crippen LogP contribution in [0.15, 0.2) is 46.6 Å². The Labute approximate surface area is 107 Å². The summed E-state index contributed by atoms with van der Waals surface area (Å²) >= 11 is 1.58. The molecule has 0 atom stereocenters. The number of hydrogen-bond acceptors (Lipinski definition) is 3. The van der Waals surface area contributed by atoms with Crippen molar-refractivity contribution in [3.63, 3.8) is 0 Å². The summed E-state index contributed by atoms with van der Waals surface area (Å²) in [6.45, 7) is 0.341. The van der Waals surface area contributed by atoms with Gasteiger partial charge in [0.15, 0.2) is 6.61 Å². The number of aromatic nitrogens is 2. The van der Waals surface area contributed by atoms with E-state index in [4.69, 9.17) is 4.84 Å². The topological polar surface area (TPSA) is 45.3 Å². The Morgan fingerprint density at radius 2 is 2.17 bits per heavy atom. The van der Waals surface area contributed by atoms with Gasteiger partial charge in [-0.25, -0.2) is 4.79 Å². The Balaban J connectivity index is 1.93. The highest BCUT2D eigenvalue weighted by Crippen LogP contribution is 2.08. The van der Waals surface area contributed by atoms with Gasteiger partial charge in [-0.2, -0.15) is 4.98 Å². The number of hydrogen-bond donors (Lipinski definition) is 0. The molecule has 0 spiro atoms. The Hall–Kier alpha value is -2.32. The Morgan fingerprint density at radius 1 is 1.28 bits per heavy atom. The lowest BCUT2D eigenvalue weighted by molar-refractivity contribution is -0.269. The first kappa shape index (κ1) is 10.8. The zero-order valence-electron chi connectivity index (χ0n) is 9.37. The second kappa shape index (κ2) is 4.51. The van der Waals surface area contributed by atoms with E-state index < -0.39 is 0 Å². The van der Waals surface area contributed by atoms with Crippen molar-refractivity contribution < 1.29 is 9.82 Å². The summed E-state index contributed by atoms with van der Waals surface area (Å²) in [4.78, 5) is 22.5. The van der Waals surface area contributed by atoms with Crippen LogP contribution in [0.2, 0.25) is 0 Å². The second-order valence-corrected chi connectivity index (χ2v) is 4.71. The molecule has 88 valence electrons. The standard InChI is InChI=1S/C13H9N2O2S/c16-13-11-5-1-2-6-12(11)14-9-15(13)17-8-10-4-3-7-18-10/h1-7H,8H2/q+1. The fourth-order valence-corrected chi connectivity index (χ4v) is 2.23. The average Bonchev–Trinajstić information content (AvgIpc) is 2.91. The van der Waals surface area contributed by atoms with E-state index >= 15 is 0 Å². The summed E-state index contributed by atoms with van der Waals surface area (Å²) < 4.78 is 1.06. The minimum Gasteiger partial charge on any atom is -0.318 e. The van der Waals surface area contributed by atoms with Crippen LogP contribution in [0, 0.1) is 6.33 Å². The highest BCUT2D eigenvalue weighted by Gasteiger charge is 2.12. The van der Waals surface area contributed by atoms with Gasteiger partial charge in [0.1, 0.15) is 5.39 Å². The molecule has 0 saturated heterocycles. The van der Waals surface area contributed by atoms with Crippen molar-refractivity contribution in [2.75, 3.05) is 0 Å². The first-order valence-electron chi connectivity index (χ1n) is 5.40. The summed E-state index contributed by atoms with van der Waals surface area (Å²) in [6.07, 6.45) is 2.58. The normalized spacial score (nSPS) is 10.2. The van der Waals surface area contributed by atoms with E-state index in [1.807, 2.05) is 23.6 Å². The van der Waals surface area contributed by atoms with E-state index in [9.17, 15) is 4.79 Å². The summed E-state index contributed by atoms with van der Waals surface area (Å²) in [7, 11) is 0. The molecule has 0 N–H and O–H groups in total. The van der Waals surface area contributed by atoms with Gasteiger partial charge in [-0.15, -0.1) is 11.3 Å². The highest BCUT2D eigenvalue weighted by molar-refractivity contribution is 7.09. The molecule has 4 nitrogen and oxygen atoms in total. The number of para-hydroxylation sites is 1. The molecule has 0 unspecified atom stereocenters. The Bertz CT molecular complexity index is 719. The maximum atomic E-state index is 12.1. The van der Waals surface area contributed by atoms with E-state index in [-0.39, 0.29) is 5.56 Å². The lowest BCUT2D eigenvalue weighted by Gasteiger charge is -1.95. The average molecular weight is 257 g/mol. The predicted molar refractivity (Wildman–Crippen MR) is 67.2 cm³/mol. The van der Waals surface area contributed by atoms with Crippen LogP contribution in [0.1, 0.15) is 4.88 Å². The summed E-state index contributed by atoms with van der Waals surface area (Å²) in [6, 6.07) is 11.0. The van der Waals surface area contributed by atoms with Crippen LogP contribution in [0.3, 0.4) is 0 Å². The van der Waals surface area contributed by atoms with Crippen molar-refractivity contribution >= 4 is 22.2 Å². The van der Waals surface area contributed by atoms with Crippen molar-refractivity contribution in [1.29, 1.82) is 0 Å². The Kier molecular flexibility index (Phi) is 2.71. The van der Waals surface area contributed by atoms with Crippen molar-refractivity contribution in [3.8, 4) is 0 Å². The molecule has 3 aromatic rings. The van der Waals surface area contributed by atoms with E-state index in [0.717, 1.165) is 9.61 Å². The molecule has 5 heteroatoms. The van der Waals surface area contributed by atoms with Crippen molar-refractivity contribution in [3.05, 3.63) is 63.3 Å². The van der Waals surface area contributed by atoms with Gasteiger partial charge in [-0.1, -0.05) is 18.2 Å². The number of rotatable bonds is 3. The Morgan fingerprint density at radius 3 is 3.00 bits per heavy atom. The molecule has 0 aliphatic rings. The second-order valence-electron chi connectivity index (χ2n) is 3.68. The van der Waals surface area contributed by atoms with Gasteiger partial charge in [0.25, 0.3) is 5.52 Å². The largest absolute Gasteiger partial charge is 0.430 e. The SMILES string of the molecule is O=c1c2ccccc2[n+]#cn1OCc1cccs1. The lowest BCUT2D eigenvalue weighted by Crippen LogP contribution is -2.28. The van der Waals surface area contributed by atoms with Crippen LogP contribution in [-0.4, -0.2) is 4.73 Å². The van der Waals surface area contributed by atoms with E-state index in [0.29, 0.717) is 17.5 Å². The third kappa shape index (κ3) is 1.94. The fourth-order valence-electron chi connectivity index (χ4n) is 1.62. The molecule has 0 bridgehead atoms. The third-order valence-electron chi connectivity index (χ3n) is 2.50. The molecular weight excluding hydrogens is 248 g/mol. The first-order chi connectivity index (χ1) is 8.84. The van der Waals surface area contributed by atoms with E-state index in [2.05, 4.69) is 11.3 Å². The van der Waals surface area contributed by atoms with Gasteiger partial charge in [0, 0.05) is 10.9 Å². The molecule has 2 heterocycles. The molecule has 0 saturated carbocycles. The molecule has 3 rings (SSSR count). The van der Waals surface area contributed by atoms with Crippen LogP contribution >= 0.6 is 11.3 Å². The van der Waals surface area contributed by atoms with E-state index in [1.165, 1.54) is 0 Å². The maximum absolute atomic E-state index is 12.1. The third-order valence-corrected chi connectivity index (χ3v) is 3.35. The molecule has 0 aliphatic heterocycles. The minimum atomic E-state index is -0.239. The predicted octanol–water partition coefficient (Wildman–Crippen LogP) is 1.09. The zero-order valence-corrected chi connectivity index (χ0v) is 10.2. The molecular formula is C13H9N2O2S+. The van der Waals surface area contributed by atoms with Gasteiger partial charge in [-0.3, -0.25) is 0 Å². The minimum absolute atomic E-state index is 0.239. The number of nitrogens with zero attached hydrogens (tertiary/aromatic N) is 2. The fraction of sp³-hybridized carbons (Fsp3) is 0.0769. The summed E-state index contributed by atoms with van der Waals surface area (Å²) in [5.74, 6) is 0. The van der Waals surface area contributed by atoms with Crippen LogP contribution in [-0.2, 0) is 6.61 Å². The van der Waals surface area contributed by atoms with Crippen LogP contribution in [0.25, 0.3) is 10.9 Å². The molecule has 18 heavy (non-hydrogen) atoms.